The fourth-order valence-corrected chi connectivity index (χ4v) is 6.07. The van der Waals surface area contributed by atoms with E-state index >= 15 is 0 Å². The van der Waals surface area contributed by atoms with Gasteiger partial charge in [-0.05, 0) is 54.6 Å². The molecule has 0 saturated carbocycles. The number of nitrogens with zero attached hydrogens (tertiary/aromatic N) is 2. The third kappa shape index (κ3) is 12.3. The van der Waals surface area contributed by atoms with Gasteiger partial charge in [0.15, 0.2) is 12.1 Å². The van der Waals surface area contributed by atoms with E-state index in [1.807, 2.05) is 61.5 Å². The van der Waals surface area contributed by atoms with E-state index in [2.05, 4.69) is 32.7 Å². The van der Waals surface area contributed by atoms with Gasteiger partial charge in [0.25, 0.3) is 5.91 Å². The van der Waals surface area contributed by atoms with Crippen LogP contribution >= 0.6 is 0 Å². The van der Waals surface area contributed by atoms with Crippen LogP contribution < -0.4 is 21.1 Å². The number of carbonyl (C=O) groups is 2. The summed E-state index contributed by atoms with van der Waals surface area (Å²) in [4.78, 5) is 32.0. The van der Waals surface area contributed by atoms with Gasteiger partial charge in [0.1, 0.15) is 5.75 Å². The highest BCUT2D eigenvalue weighted by Crippen LogP contribution is 2.36. The Balaban J connectivity index is 1.77. The van der Waals surface area contributed by atoms with Crippen LogP contribution in [0, 0.1) is 0 Å². The Morgan fingerprint density at radius 2 is 1.65 bits per heavy atom. The van der Waals surface area contributed by atoms with Crippen LogP contribution in [0.15, 0.2) is 77.8 Å². The lowest BCUT2D eigenvalue weighted by atomic mass is 9.93. The minimum Gasteiger partial charge on any atom is -0.493 e. The number of unbranched alkanes of at least 4 members (excludes halogenated alkanes) is 1. The van der Waals surface area contributed by atoms with Crippen LogP contribution in [-0.4, -0.2) is 81.5 Å². The molecule has 3 aromatic rings. The van der Waals surface area contributed by atoms with Gasteiger partial charge in [0, 0.05) is 57.8 Å². The number of nitrogens with one attached hydrogen (secondary N) is 2. The number of hydrogen-bond acceptors (Lipinski definition) is 8. The van der Waals surface area contributed by atoms with Gasteiger partial charge < -0.3 is 30.2 Å². The number of carbonyl (C=O) groups excluding carboxylic acids is 2. The summed E-state index contributed by atoms with van der Waals surface area (Å²) in [5, 5.41) is 6.05. The van der Waals surface area contributed by atoms with E-state index in [9.17, 15) is 22.8 Å². The average molecular weight is 726 g/mol. The smallest absolute Gasteiger partial charge is 0.490 e. The fraction of sp³-hybridized carbons (Fsp3) is 0.462. The van der Waals surface area contributed by atoms with Gasteiger partial charge in [0.2, 0.25) is 0 Å². The summed E-state index contributed by atoms with van der Waals surface area (Å²) in [5.41, 5.74) is 9.85. The second-order valence-electron chi connectivity index (χ2n) is 12.7. The molecule has 1 fully saturated rings. The zero-order chi connectivity index (χ0) is 37.3. The number of ether oxygens (including phenoxy) is 3. The second-order valence-corrected chi connectivity index (χ2v) is 12.7. The van der Waals surface area contributed by atoms with E-state index in [0.29, 0.717) is 43.9 Å². The molecular weight excluding hydrogens is 675 g/mol. The van der Waals surface area contributed by atoms with Gasteiger partial charge >= 0.3 is 12.1 Å². The van der Waals surface area contributed by atoms with Gasteiger partial charge in [-0.25, -0.2) is 4.79 Å². The maximum absolute atomic E-state index is 13.5. The number of esters is 1. The van der Waals surface area contributed by atoms with Crippen molar-refractivity contribution in [3.05, 3.63) is 89.5 Å². The number of nitrogens with two attached hydrogens (primary N) is 1. The van der Waals surface area contributed by atoms with Crippen LogP contribution in [0.2, 0.25) is 0 Å². The Hall–Kier alpha value is -4.46. The molecule has 2 atom stereocenters. The molecule has 0 aliphatic carbocycles. The standard InChI is InChI=1S/C39H50F3N5O5/c1-3-4-20-44-38(43)46-36(48)34(52-37(49)39(40,41)42)25-30-18-19-31(28-14-7-5-8-15-28)32(35(30)51-24-13-23-50-2)26-45-33(27-47-21-11-12-22-47)29-16-9-6-10-17-29/h5-10,14-19,33-34,45H,3-4,11-13,20-27H2,1-2H3,(H3,43,44,46,48). The first kappa shape index (κ1) is 40.3. The Morgan fingerprint density at radius 3 is 2.31 bits per heavy atom. The van der Waals surface area contributed by atoms with E-state index in [0.717, 1.165) is 61.2 Å². The van der Waals surface area contributed by atoms with Crippen LogP contribution in [0.25, 0.3) is 11.1 Å². The van der Waals surface area contributed by atoms with Gasteiger partial charge in [-0.1, -0.05) is 86.1 Å². The van der Waals surface area contributed by atoms with Crippen molar-refractivity contribution in [2.75, 3.05) is 46.5 Å². The summed E-state index contributed by atoms with van der Waals surface area (Å²) in [5.74, 6) is -3.44. The van der Waals surface area contributed by atoms with Crippen LogP contribution in [0.5, 0.6) is 5.75 Å². The number of methoxy groups -OCH3 is 1. The molecule has 0 bridgehead atoms. The summed E-state index contributed by atoms with van der Waals surface area (Å²) < 4.78 is 56.9. The largest absolute Gasteiger partial charge is 0.493 e. The highest BCUT2D eigenvalue weighted by atomic mass is 19.4. The van der Waals surface area contributed by atoms with Gasteiger partial charge in [0.05, 0.1) is 6.61 Å². The van der Waals surface area contributed by atoms with Crippen LogP contribution in [0.1, 0.15) is 61.8 Å². The Bertz CT molecular complexity index is 1580. The quantitative estimate of drug-likeness (QED) is 0.0600. The number of hydrogen-bond donors (Lipinski definition) is 3. The van der Waals surface area contributed by atoms with Crippen LogP contribution in [-0.2, 0) is 32.0 Å². The molecule has 1 amide bonds. The molecule has 0 aromatic heterocycles. The molecule has 1 aliphatic rings. The molecule has 0 spiro atoms. The molecule has 282 valence electrons. The molecule has 52 heavy (non-hydrogen) atoms. The van der Waals surface area contributed by atoms with Crippen molar-refractivity contribution >= 4 is 17.8 Å². The maximum atomic E-state index is 13.5. The lowest BCUT2D eigenvalue weighted by Crippen LogP contribution is -2.46. The first-order valence-electron chi connectivity index (χ1n) is 17.8. The summed E-state index contributed by atoms with van der Waals surface area (Å²) in [6, 6.07) is 23.3. The lowest BCUT2D eigenvalue weighted by molar-refractivity contribution is -0.205. The van der Waals surface area contributed by atoms with Gasteiger partial charge in [-0.15, -0.1) is 0 Å². The number of aliphatic imine (C=N–C) groups is 1. The molecule has 2 unspecified atom stereocenters. The van der Waals surface area contributed by atoms with Crippen molar-refractivity contribution in [2.45, 2.75) is 70.3 Å². The molecule has 13 heteroatoms. The van der Waals surface area contributed by atoms with E-state index in [1.165, 1.54) is 0 Å². The Kier molecular flexibility index (Phi) is 15.9. The molecule has 0 radical (unpaired) electrons. The number of alkyl halides is 3. The SMILES string of the molecule is CCCCN=C(N)NC(=O)C(Cc1ccc(-c2ccccc2)c(CNC(CN2CCCC2)c2ccccc2)c1OCCCOC)OC(=O)C(F)(F)F. The van der Waals surface area contributed by atoms with E-state index in [1.54, 1.807) is 13.2 Å². The summed E-state index contributed by atoms with van der Waals surface area (Å²) in [7, 11) is 1.58. The molecule has 3 aromatic carbocycles. The normalized spacial score (nSPS) is 14.9. The third-order valence-corrected chi connectivity index (χ3v) is 8.76. The number of amides is 1. The van der Waals surface area contributed by atoms with Gasteiger partial charge in [-0.2, -0.15) is 13.2 Å². The number of likely N-dealkylation sites (tertiary alicyclic amines) is 1. The molecule has 1 aliphatic heterocycles. The van der Waals surface area contributed by atoms with Crippen LogP contribution in [0.4, 0.5) is 13.2 Å². The van der Waals surface area contributed by atoms with Crippen molar-refractivity contribution in [3.63, 3.8) is 0 Å². The molecule has 4 N–H and O–H groups in total. The fourth-order valence-electron chi connectivity index (χ4n) is 6.07. The number of halogens is 3. The first-order valence-corrected chi connectivity index (χ1v) is 17.8. The molecular formula is C39H50F3N5O5. The third-order valence-electron chi connectivity index (χ3n) is 8.76. The topological polar surface area (TPSA) is 128 Å². The van der Waals surface area contributed by atoms with Crippen molar-refractivity contribution in [1.29, 1.82) is 0 Å². The van der Waals surface area contributed by atoms with E-state index < -0.39 is 30.6 Å². The number of guanidine groups is 1. The summed E-state index contributed by atoms with van der Waals surface area (Å²) >= 11 is 0. The van der Waals surface area contributed by atoms with Gasteiger partial charge in [-0.3, -0.25) is 15.1 Å². The van der Waals surface area contributed by atoms with Crippen molar-refractivity contribution in [1.82, 2.24) is 15.5 Å². The van der Waals surface area contributed by atoms with Crippen LogP contribution in [0.3, 0.4) is 0 Å². The monoisotopic (exact) mass is 725 g/mol. The zero-order valence-corrected chi connectivity index (χ0v) is 29.9. The predicted molar refractivity (Wildman–Crippen MR) is 195 cm³/mol. The predicted octanol–water partition coefficient (Wildman–Crippen LogP) is 5.94. The van der Waals surface area contributed by atoms with Crippen molar-refractivity contribution in [3.8, 4) is 16.9 Å². The van der Waals surface area contributed by atoms with Crippen molar-refractivity contribution < 1.29 is 37.0 Å². The number of benzene rings is 3. The minimum atomic E-state index is -5.33. The molecule has 1 saturated heterocycles. The average Bonchev–Trinajstić information content (AvgIpc) is 3.66. The Labute approximate surface area is 303 Å². The Morgan fingerprint density at radius 1 is 0.962 bits per heavy atom. The highest BCUT2D eigenvalue weighted by molar-refractivity contribution is 5.99. The maximum Gasteiger partial charge on any atom is 0.490 e. The molecule has 10 nitrogen and oxygen atoms in total. The van der Waals surface area contributed by atoms with E-state index in [-0.39, 0.29) is 18.6 Å². The second kappa shape index (κ2) is 20.5. The highest BCUT2D eigenvalue weighted by Gasteiger charge is 2.43. The van der Waals surface area contributed by atoms with E-state index in [4.69, 9.17) is 19.9 Å². The first-order chi connectivity index (χ1) is 25.1. The zero-order valence-electron chi connectivity index (χ0n) is 29.9. The summed E-state index contributed by atoms with van der Waals surface area (Å²) in [6.45, 7) is 6.03. The lowest BCUT2D eigenvalue weighted by Gasteiger charge is -2.27. The molecule has 1 heterocycles. The van der Waals surface area contributed by atoms with Crippen molar-refractivity contribution in [2.24, 2.45) is 10.7 Å². The summed E-state index contributed by atoms with van der Waals surface area (Å²) in [6.07, 6.45) is -3.31. The number of rotatable bonds is 19. The molecule has 4 rings (SSSR count). The minimum absolute atomic E-state index is 0.0471.